The van der Waals surface area contributed by atoms with E-state index in [2.05, 4.69) is 13.0 Å². The van der Waals surface area contributed by atoms with Crippen LogP contribution in [0.25, 0.3) is 5.57 Å². The predicted octanol–water partition coefficient (Wildman–Crippen LogP) is 4.18. The Hall–Kier alpha value is -1.83. The molecule has 1 N–H and O–H groups in total. The molecule has 2 heteroatoms. The minimum absolute atomic E-state index is 0.245. The summed E-state index contributed by atoms with van der Waals surface area (Å²) >= 11 is 0. The number of fused-ring (bicyclic) bond motifs is 4. The minimum atomic E-state index is -0.245. The third-order valence-corrected chi connectivity index (χ3v) is 5.55. The zero-order chi connectivity index (χ0) is 14.6. The zero-order valence-corrected chi connectivity index (χ0v) is 12.4. The van der Waals surface area contributed by atoms with E-state index in [1.165, 1.54) is 27.8 Å². The maximum Gasteiger partial charge on any atom is 0.143 e. The fourth-order valence-corrected chi connectivity index (χ4v) is 4.34. The van der Waals surface area contributed by atoms with Crippen LogP contribution >= 0.6 is 0 Å². The van der Waals surface area contributed by atoms with Gasteiger partial charge in [0.25, 0.3) is 0 Å². The Labute approximate surface area is 125 Å². The Kier molecular flexibility index (Phi) is 2.66. The van der Waals surface area contributed by atoms with Gasteiger partial charge in [-0.05, 0) is 79.0 Å². The summed E-state index contributed by atoms with van der Waals surface area (Å²) in [4.78, 5) is 12.4. The van der Waals surface area contributed by atoms with Gasteiger partial charge in [-0.2, -0.15) is 0 Å². The smallest absolute Gasteiger partial charge is 0.143 e. The number of allylic oxidation sites excluding steroid dienone is 4. The van der Waals surface area contributed by atoms with Crippen LogP contribution in [0.5, 0.6) is 5.75 Å². The van der Waals surface area contributed by atoms with Crippen LogP contribution in [-0.2, 0) is 11.2 Å². The molecule has 0 fully saturated rings. The highest BCUT2D eigenvalue weighted by Gasteiger charge is 2.43. The van der Waals surface area contributed by atoms with Gasteiger partial charge in [0, 0.05) is 6.42 Å². The van der Waals surface area contributed by atoms with Crippen molar-refractivity contribution in [3.8, 4) is 5.75 Å². The summed E-state index contributed by atoms with van der Waals surface area (Å²) in [6.07, 6.45) is 7.77. The monoisotopic (exact) mass is 280 g/mol. The van der Waals surface area contributed by atoms with Crippen molar-refractivity contribution in [1.82, 2.24) is 0 Å². The lowest BCUT2D eigenvalue weighted by atomic mass is 9.60. The molecule has 1 atom stereocenters. The van der Waals surface area contributed by atoms with Gasteiger partial charge in [-0.3, -0.25) is 4.79 Å². The first kappa shape index (κ1) is 12.9. The Bertz CT molecular complexity index is 708. The van der Waals surface area contributed by atoms with Crippen LogP contribution in [0.1, 0.15) is 50.2 Å². The lowest BCUT2D eigenvalue weighted by Gasteiger charge is -2.42. The first-order valence-electron chi connectivity index (χ1n) is 7.88. The molecule has 0 heterocycles. The van der Waals surface area contributed by atoms with E-state index in [4.69, 9.17) is 0 Å². The molecule has 0 aromatic heterocycles. The number of carbonyl (C=O) groups excluding carboxylic acids is 1. The molecule has 0 amide bonds. The molecule has 4 rings (SSSR count). The summed E-state index contributed by atoms with van der Waals surface area (Å²) in [5, 5.41) is 9.68. The number of phenols is 1. The number of hydrogen-bond acceptors (Lipinski definition) is 2. The molecule has 1 aromatic carbocycles. The molecule has 3 aliphatic rings. The second kappa shape index (κ2) is 4.33. The number of rotatable bonds is 0. The van der Waals surface area contributed by atoms with Crippen molar-refractivity contribution in [3.05, 3.63) is 46.5 Å². The molecule has 0 spiro atoms. The van der Waals surface area contributed by atoms with E-state index in [1.54, 1.807) is 6.07 Å². The average molecular weight is 280 g/mol. The molecule has 0 bridgehead atoms. The maximum atomic E-state index is 12.4. The number of ketones is 1. The molecule has 1 aromatic rings. The van der Waals surface area contributed by atoms with E-state index < -0.39 is 0 Å². The van der Waals surface area contributed by atoms with Crippen LogP contribution < -0.4 is 0 Å². The molecule has 0 saturated heterocycles. The van der Waals surface area contributed by atoms with Crippen molar-refractivity contribution in [2.75, 3.05) is 0 Å². The highest BCUT2D eigenvalue weighted by molar-refractivity contribution is 5.93. The number of aryl methyl sites for hydroxylation is 1. The highest BCUT2D eigenvalue weighted by atomic mass is 16.3. The fourth-order valence-electron chi connectivity index (χ4n) is 4.34. The van der Waals surface area contributed by atoms with Crippen LogP contribution in [0.4, 0.5) is 0 Å². The van der Waals surface area contributed by atoms with Crippen LogP contribution in [-0.4, -0.2) is 10.9 Å². The summed E-state index contributed by atoms with van der Waals surface area (Å²) in [6.45, 7) is 2.14. The van der Waals surface area contributed by atoms with Gasteiger partial charge in [-0.25, -0.2) is 0 Å². The predicted molar refractivity (Wildman–Crippen MR) is 83.0 cm³/mol. The Morgan fingerprint density at radius 2 is 1.95 bits per heavy atom. The first-order chi connectivity index (χ1) is 10.1. The topological polar surface area (TPSA) is 37.3 Å². The zero-order valence-electron chi connectivity index (χ0n) is 12.4. The van der Waals surface area contributed by atoms with Crippen LogP contribution in [0.3, 0.4) is 0 Å². The van der Waals surface area contributed by atoms with Crippen molar-refractivity contribution in [2.45, 2.75) is 45.4 Å². The highest BCUT2D eigenvalue weighted by Crippen LogP contribution is 2.53. The third-order valence-electron chi connectivity index (χ3n) is 5.55. The minimum Gasteiger partial charge on any atom is -0.508 e. The van der Waals surface area contributed by atoms with E-state index in [0.717, 1.165) is 32.1 Å². The largest absolute Gasteiger partial charge is 0.508 e. The summed E-state index contributed by atoms with van der Waals surface area (Å²) in [5.41, 5.74) is 6.42. The summed E-state index contributed by atoms with van der Waals surface area (Å²) < 4.78 is 0. The van der Waals surface area contributed by atoms with Crippen LogP contribution in [0, 0.1) is 5.41 Å². The van der Waals surface area contributed by atoms with Gasteiger partial charge in [0.1, 0.15) is 11.5 Å². The van der Waals surface area contributed by atoms with E-state index in [9.17, 15) is 9.90 Å². The van der Waals surface area contributed by atoms with E-state index in [1.807, 2.05) is 12.1 Å². The van der Waals surface area contributed by atoms with Crippen LogP contribution in [0.2, 0.25) is 0 Å². The van der Waals surface area contributed by atoms with Crippen LogP contribution in [0.15, 0.2) is 35.4 Å². The second-order valence-electron chi connectivity index (χ2n) is 6.71. The molecule has 0 saturated carbocycles. The molecule has 2 nitrogen and oxygen atoms in total. The van der Waals surface area contributed by atoms with Crippen molar-refractivity contribution in [2.24, 2.45) is 5.41 Å². The summed E-state index contributed by atoms with van der Waals surface area (Å²) in [6, 6.07) is 5.73. The number of hydrogen-bond donors (Lipinski definition) is 1. The Morgan fingerprint density at radius 3 is 2.81 bits per heavy atom. The summed E-state index contributed by atoms with van der Waals surface area (Å²) in [5.74, 6) is 0.772. The number of aromatic hydroxyl groups is 1. The number of benzene rings is 1. The quantitative estimate of drug-likeness (QED) is 0.774. The molecular formula is C19H20O2. The average Bonchev–Trinajstić information content (AvgIpc) is 2.48. The molecule has 1 unspecified atom stereocenters. The second-order valence-corrected chi connectivity index (χ2v) is 6.71. The molecular weight excluding hydrogens is 260 g/mol. The molecule has 0 radical (unpaired) electrons. The van der Waals surface area contributed by atoms with E-state index >= 15 is 0 Å². The molecule has 108 valence electrons. The third kappa shape index (κ3) is 1.75. The van der Waals surface area contributed by atoms with Gasteiger partial charge in [-0.1, -0.05) is 12.1 Å². The lowest BCUT2D eigenvalue weighted by molar-refractivity contribution is -0.126. The molecule has 21 heavy (non-hydrogen) atoms. The summed E-state index contributed by atoms with van der Waals surface area (Å²) in [7, 11) is 0. The molecule has 3 aliphatic carbocycles. The van der Waals surface area contributed by atoms with Gasteiger partial charge >= 0.3 is 0 Å². The standard InChI is InChI=1S/C19H20O2/c1-19-10-9-15-14-8-6-13(20)11-12(14)5-7-16(15)17(19)3-2-4-18(19)21/h3,6,8,11,20H,2,4-5,7,9-10H2,1H3. The number of phenolic OH excluding ortho intramolecular Hbond substituents is 1. The SMILES string of the molecule is CC12CCC3=C(CCc4cc(O)ccc43)C1=CCCC2=O. The van der Waals surface area contributed by atoms with Crippen molar-refractivity contribution < 1.29 is 9.90 Å². The fraction of sp³-hybridized carbons (Fsp3) is 0.421. The van der Waals surface area contributed by atoms with Gasteiger partial charge in [0.2, 0.25) is 0 Å². The lowest BCUT2D eigenvalue weighted by Crippen LogP contribution is -2.36. The first-order valence-corrected chi connectivity index (χ1v) is 7.88. The van der Waals surface area contributed by atoms with Gasteiger partial charge in [0.05, 0.1) is 5.41 Å². The van der Waals surface area contributed by atoms with Gasteiger partial charge in [-0.15, -0.1) is 0 Å². The van der Waals surface area contributed by atoms with Gasteiger partial charge < -0.3 is 5.11 Å². The van der Waals surface area contributed by atoms with Gasteiger partial charge in [0.15, 0.2) is 0 Å². The Morgan fingerprint density at radius 1 is 1.10 bits per heavy atom. The normalized spacial score (nSPS) is 27.7. The van der Waals surface area contributed by atoms with Crippen molar-refractivity contribution >= 4 is 11.4 Å². The molecule has 0 aliphatic heterocycles. The van der Waals surface area contributed by atoms with Crippen molar-refractivity contribution in [1.29, 1.82) is 0 Å². The van der Waals surface area contributed by atoms with E-state index in [0.29, 0.717) is 18.0 Å². The van der Waals surface area contributed by atoms with E-state index in [-0.39, 0.29) is 5.41 Å². The number of Topliss-reactive ketones (excluding diaryl/α,β-unsaturated/α-hetero) is 1. The number of carbonyl (C=O) groups is 1. The Balaban J connectivity index is 1.89. The van der Waals surface area contributed by atoms with Crippen molar-refractivity contribution in [3.63, 3.8) is 0 Å². The maximum absolute atomic E-state index is 12.4.